The summed E-state index contributed by atoms with van der Waals surface area (Å²) in [6.07, 6.45) is 2.15. The van der Waals surface area contributed by atoms with Crippen LogP contribution in [0.4, 0.5) is 0 Å². The van der Waals surface area contributed by atoms with Gasteiger partial charge < -0.3 is 14.4 Å². The Balaban J connectivity index is 2.11. The van der Waals surface area contributed by atoms with Crippen molar-refractivity contribution in [1.29, 1.82) is 0 Å². The summed E-state index contributed by atoms with van der Waals surface area (Å²) in [5.41, 5.74) is 0.802. The molecule has 66 valence electrons. The molecule has 0 saturated carbocycles. The predicted molar refractivity (Wildman–Crippen MR) is 40.4 cm³/mol. The summed E-state index contributed by atoms with van der Waals surface area (Å²) in [5, 5.41) is 12.5. The second kappa shape index (κ2) is 3.25. The van der Waals surface area contributed by atoms with Gasteiger partial charge in [-0.15, -0.1) is 0 Å². The van der Waals surface area contributed by atoms with Crippen LogP contribution in [0.2, 0.25) is 0 Å². The lowest BCUT2D eigenvalue weighted by Crippen LogP contribution is -1.94. The fraction of sp³-hybridized carbons (Fsp3) is 0.625. The van der Waals surface area contributed by atoms with Gasteiger partial charge in [-0.2, -0.15) is 0 Å². The molecule has 4 heteroatoms. The number of aliphatic hydroxyl groups excluding tert-OH is 1. The van der Waals surface area contributed by atoms with Gasteiger partial charge in [0.1, 0.15) is 18.4 Å². The molecule has 0 aromatic carbocycles. The molecule has 1 N–H and O–H groups in total. The highest BCUT2D eigenvalue weighted by atomic mass is 16.5. The van der Waals surface area contributed by atoms with Gasteiger partial charge in [0.05, 0.1) is 0 Å². The van der Waals surface area contributed by atoms with E-state index in [2.05, 4.69) is 5.16 Å². The molecule has 0 bridgehead atoms. The summed E-state index contributed by atoms with van der Waals surface area (Å²) in [5.74, 6) is 0.500. The first-order chi connectivity index (χ1) is 5.90. The first kappa shape index (κ1) is 7.76. The third kappa shape index (κ3) is 1.35. The lowest BCUT2D eigenvalue weighted by atomic mass is 10.2. The van der Waals surface area contributed by atoms with Gasteiger partial charge in [-0.25, -0.2) is 0 Å². The Morgan fingerprint density at radius 2 is 2.58 bits per heavy atom. The first-order valence-corrected chi connectivity index (χ1v) is 4.08. The maximum absolute atomic E-state index is 8.72. The van der Waals surface area contributed by atoms with E-state index in [1.54, 1.807) is 6.07 Å². The van der Waals surface area contributed by atoms with Crippen molar-refractivity contribution in [3.63, 3.8) is 0 Å². The molecule has 0 amide bonds. The van der Waals surface area contributed by atoms with Crippen LogP contribution >= 0.6 is 0 Å². The standard InChI is InChI=1S/C8H11NO3/c10-5-6-4-7(9-12-6)8-2-1-3-11-8/h4,8,10H,1-3,5H2. The zero-order valence-corrected chi connectivity index (χ0v) is 6.69. The Morgan fingerprint density at radius 3 is 3.17 bits per heavy atom. The summed E-state index contributed by atoms with van der Waals surface area (Å²) in [4.78, 5) is 0. The Morgan fingerprint density at radius 1 is 1.67 bits per heavy atom. The van der Waals surface area contributed by atoms with Gasteiger partial charge in [-0.05, 0) is 12.8 Å². The van der Waals surface area contributed by atoms with Crippen LogP contribution in [0.5, 0.6) is 0 Å². The highest BCUT2D eigenvalue weighted by Gasteiger charge is 2.21. The second-order valence-electron chi connectivity index (χ2n) is 2.88. The first-order valence-electron chi connectivity index (χ1n) is 4.08. The van der Waals surface area contributed by atoms with Crippen molar-refractivity contribution < 1.29 is 14.4 Å². The summed E-state index contributed by atoms with van der Waals surface area (Å²) in [6.45, 7) is 0.700. The number of nitrogens with zero attached hydrogens (tertiary/aromatic N) is 1. The van der Waals surface area contributed by atoms with Gasteiger partial charge in [0, 0.05) is 12.7 Å². The van der Waals surface area contributed by atoms with E-state index in [-0.39, 0.29) is 12.7 Å². The summed E-state index contributed by atoms with van der Waals surface area (Å²) in [6, 6.07) is 1.75. The van der Waals surface area contributed by atoms with Crippen LogP contribution in [0.25, 0.3) is 0 Å². The summed E-state index contributed by atoms with van der Waals surface area (Å²) in [7, 11) is 0. The average Bonchev–Trinajstić information content (AvgIpc) is 2.75. The van der Waals surface area contributed by atoms with Crippen molar-refractivity contribution in [3.05, 3.63) is 17.5 Å². The van der Waals surface area contributed by atoms with Gasteiger partial charge in [-0.1, -0.05) is 5.16 Å². The molecule has 1 aromatic rings. The third-order valence-electron chi connectivity index (χ3n) is 1.99. The Kier molecular flexibility index (Phi) is 2.10. The molecule has 1 atom stereocenters. The molecule has 0 spiro atoms. The number of hydrogen-bond acceptors (Lipinski definition) is 4. The molecule has 2 heterocycles. The molecule has 1 aliphatic rings. The Hall–Kier alpha value is -0.870. The molecular formula is C8H11NO3. The quantitative estimate of drug-likeness (QED) is 0.718. The van der Waals surface area contributed by atoms with E-state index in [9.17, 15) is 0 Å². The molecule has 1 saturated heterocycles. The maximum Gasteiger partial charge on any atom is 0.162 e. The van der Waals surface area contributed by atoms with E-state index < -0.39 is 0 Å². The predicted octanol–water partition coefficient (Wildman–Crippen LogP) is 1.02. The molecule has 12 heavy (non-hydrogen) atoms. The molecule has 1 fully saturated rings. The number of ether oxygens (including phenoxy) is 1. The number of hydrogen-bond donors (Lipinski definition) is 1. The molecule has 1 unspecified atom stereocenters. The fourth-order valence-corrected chi connectivity index (χ4v) is 1.37. The maximum atomic E-state index is 8.72. The van der Waals surface area contributed by atoms with Crippen molar-refractivity contribution in [1.82, 2.24) is 5.16 Å². The second-order valence-corrected chi connectivity index (χ2v) is 2.88. The number of aromatic nitrogens is 1. The SMILES string of the molecule is OCc1cc(C2CCCO2)no1. The minimum Gasteiger partial charge on any atom is -0.388 e. The van der Waals surface area contributed by atoms with E-state index in [0.717, 1.165) is 25.1 Å². The topological polar surface area (TPSA) is 55.5 Å². The monoisotopic (exact) mass is 169 g/mol. The van der Waals surface area contributed by atoms with Crippen LogP contribution in [-0.4, -0.2) is 16.9 Å². The normalized spacial score (nSPS) is 23.2. The van der Waals surface area contributed by atoms with Gasteiger partial charge in [0.15, 0.2) is 5.76 Å². The van der Waals surface area contributed by atoms with E-state index in [0.29, 0.717) is 5.76 Å². The Labute approximate surface area is 70.1 Å². The fourth-order valence-electron chi connectivity index (χ4n) is 1.37. The van der Waals surface area contributed by atoms with E-state index in [4.69, 9.17) is 14.4 Å². The Bertz CT molecular complexity index is 253. The highest BCUT2D eigenvalue weighted by molar-refractivity contribution is 5.08. The molecule has 0 radical (unpaired) electrons. The van der Waals surface area contributed by atoms with Crippen LogP contribution in [0, 0.1) is 0 Å². The van der Waals surface area contributed by atoms with Gasteiger partial charge in [0.25, 0.3) is 0 Å². The average molecular weight is 169 g/mol. The van der Waals surface area contributed by atoms with Gasteiger partial charge in [-0.3, -0.25) is 0 Å². The highest BCUT2D eigenvalue weighted by Crippen LogP contribution is 2.27. The number of aliphatic hydroxyl groups is 1. The van der Waals surface area contributed by atoms with Gasteiger partial charge in [0.2, 0.25) is 0 Å². The van der Waals surface area contributed by atoms with Crippen LogP contribution in [0.3, 0.4) is 0 Å². The van der Waals surface area contributed by atoms with Crippen LogP contribution < -0.4 is 0 Å². The van der Waals surface area contributed by atoms with Crippen molar-refractivity contribution in [2.24, 2.45) is 0 Å². The zero-order valence-electron chi connectivity index (χ0n) is 6.69. The molecule has 4 nitrogen and oxygen atoms in total. The summed E-state index contributed by atoms with van der Waals surface area (Å²) < 4.78 is 10.2. The minimum atomic E-state index is -0.0975. The van der Waals surface area contributed by atoms with Crippen molar-refractivity contribution in [2.75, 3.05) is 6.61 Å². The number of rotatable bonds is 2. The van der Waals surface area contributed by atoms with Crippen LogP contribution in [0.15, 0.2) is 10.6 Å². The van der Waals surface area contributed by atoms with Gasteiger partial charge >= 0.3 is 0 Å². The van der Waals surface area contributed by atoms with Crippen molar-refractivity contribution in [2.45, 2.75) is 25.6 Å². The van der Waals surface area contributed by atoms with E-state index >= 15 is 0 Å². The minimum absolute atomic E-state index is 0.0778. The summed E-state index contributed by atoms with van der Waals surface area (Å²) >= 11 is 0. The molecule has 1 aromatic heterocycles. The smallest absolute Gasteiger partial charge is 0.162 e. The van der Waals surface area contributed by atoms with Crippen LogP contribution in [-0.2, 0) is 11.3 Å². The lowest BCUT2D eigenvalue weighted by molar-refractivity contribution is 0.105. The van der Waals surface area contributed by atoms with Crippen LogP contribution in [0.1, 0.15) is 30.4 Å². The molecular weight excluding hydrogens is 158 g/mol. The van der Waals surface area contributed by atoms with Crippen molar-refractivity contribution >= 4 is 0 Å². The largest absolute Gasteiger partial charge is 0.388 e. The third-order valence-corrected chi connectivity index (χ3v) is 1.99. The molecule has 2 rings (SSSR count). The molecule has 0 aliphatic carbocycles. The van der Waals surface area contributed by atoms with E-state index in [1.165, 1.54) is 0 Å². The molecule has 1 aliphatic heterocycles. The van der Waals surface area contributed by atoms with E-state index in [1.807, 2.05) is 0 Å². The van der Waals surface area contributed by atoms with Crippen molar-refractivity contribution in [3.8, 4) is 0 Å². The zero-order chi connectivity index (χ0) is 8.39. The lowest BCUT2D eigenvalue weighted by Gasteiger charge is -2.01.